The molecule has 0 aromatic heterocycles. The Hall–Kier alpha value is -1.60. The van der Waals surface area contributed by atoms with E-state index in [-0.39, 0.29) is 0 Å². The first-order valence-electron chi connectivity index (χ1n) is 6.25. The lowest BCUT2D eigenvalue weighted by Crippen LogP contribution is -2.13. The zero-order chi connectivity index (χ0) is 11.9. The highest BCUT2D eigenvalue weighted by Crippen LogP contribution is 2.18. The van der Waals surface area contributed by atoms with Crippen molar-refractivity contribution in [1.29, 1.82) is 0 Å². The van der Waals surface area contributed by atoms with Gasteiger partial charge in [0.1, 0.15) is 0 Å². The molecule has 1 heteroatoms. The third-order valence-electron chi connectivity index (χ3n) is 2.82. The number of nitrogens with one attached hydrogen (secondary N) is 1. The first-order valence-corrected chi connectivity index (χ1v) is 6.25. The van der Waals surface area contributed by atoms with Gasteiger partial charge in [-0.1, -0.05) is 61.5 Å². The van der Waals surface area contributed by atoms with Crippen LogP contribution in [0.15, 0.2) is 54.6 Å². The standard InChI is InChI=1S/C16H19N/c1-2-12-17-13-14-8-10-16(11-9-14)15-6-4-3-5-7-15/h3-11,17H,2,12-13H2,1H3. The molecule has 0 atom stereocenters. The van der Waals surface area contributed by atoms with Crippen LogP contribution in [0.4, 0.5) is 0 Å². The number of hydrogen-bond acceptors (Lipinski definition) is 1. The minimum Gasteiger partial charge on any atom is -0.313 e. The average Bonchev–Trinajstić information content (AvgIpc) is 2.41. The van der Waals surface area contributed by atoms with Crippen molar-refractivity contribution >= 4 is 0 Å². The molecule has 2 aromatic rings. The van der Waals surface area contributed by atoms with E-state index in [2.05, 4.69) is 60.8 Å². The molecule has 0 radical (unpaired) electrons. The zero-order valence-corrected chi connectivity index (χ0v) is 10.3. The van der Waals surface area contributed by atoms with Gasteiger partial charge in [-0.15, -0.1) is 0 Å². The summed E-state index contributed by atoms with van der Waals surface area (Å²) in [5.41, 5.74) is 3.91. The maximum absolute atomic E-state index is 3.41. The Kier molecular flexibility index (Phi) is 4.34. The Bertz CT molecular complexity index is 431. The summed E-state index contributed by atoms with van der Waals surface area (Å²) in [6, 6.07) is 19.3. The SMILES string of the molecule is CCCNCc1ccc(-c2ccccc2)cc1. The Morgan fingerprint density at radius 1 is 0.824 bits per heavy atom. The summed E-state index contributed by atoms with van der Waals surface area (Å²) in [5, 5.41) is 3.41. The van der Waals surface area contributed by atoms with Crippen LogP contribution in [0.25, 0.3) is 11.1 Å². The first-order chi connectivity index (χ1) is 8.40. The lowest BCUT2D eigenvalue weighted by Gasteiger charge is -2.05. The Balaban J connectivity index is 2.03. The van der Waals surface area contributed by atoms with Crippen LogP contribution >= 0.6 is 0 Å². The molecule has 0 heterocycles. The summed E-state index contributed by atoms with van der Waals surface area (Å²) in [4.78, 5) is 0. The molecular formula is C16H19N. The smallest absolute Gasteiger partial charge is 0.0205 e. The van der Waals surface area contributed by atoms with E-state index in [9.17, 15) is 0 Å². The predicted molar refractivity (Wildman–Crippen MR) is 73.9 cm³/mol. The van der Waals surface area contributed by atoms with Gasteiger partial charge in [0.2, 0.25) is 0 Å². The van der Waals surface area contributed by atoms with Crippen molar-refractivity contribution in [3.63, 3.8) is 0 Å². The van der Waals surface area contributed by atoms with E-state index in [1.54, 1.807) is 0 Å². The summed E-state index contributed by atoms with van der Waals surface area (Å²) >= 11 is 0. The molecule has 0 unspecified atom stereocenters. The predicted octanol–water partition coefficient (Wildman–Crippen LogP) is 3.85. The van der Waals surface area contributed by atoms with Crippen LogP contribution in [0, 0.1) is 0 Å². The van der Waals surface area contributed by atoms with Gasteiger partial charge >= 0.3 is 0 Å². The Morgan fingerprint density at radius 2 is 1.47 bits per heavy atom. The van der Waals surface area contributed by atoms with E-state index in [0.717, 1.165) is 13.1 Å². The van der Waals surface area contributed by atoms with E-state index in [1.165, 1.54) is 23.1 Å². The fraction of sp³-hybridized carbons (Fsp3) is 0.250. The second-order valence-electron chi connectivity index (χ2n) is 4.24. The van der Waals surface area contributed by atoms with E-state index in [0.29, 0.717) is 0 Å². The molecule has 0 fully saturated rings. The molecular weight excluding hydrogens is 206 g/mol. The average molecular weight is 225 g/mol. The highest BCUT2D eigenvalue weighted by molar-refractivity contribution is 5.63. The third kappa shape index (κ3) is 3.43. The van der Waals surface area contributed by atoms with Crippen molar-refractivity contribution in [2.75, 3.05) is 6.54 Å². The van der Waals surface area contributed by atoms with Crippen LogP contribution in [-0.2, 0) is 6.54 Å². The molecule has 1 N–H and O–H groups in total. The van der Waals surface area contributed by atoms with E-state index >= 15 is 0 Å². The monoisotopic (exact) mass is 225 g/mol. The van der Waals surface area contributed by atoms with Gasteiger partial charge in [-0.3, -0.25) is 0 Å². The fourth-order valence-electron chi connectivity index (χ4n) is 1.86. The third-order valence-corrected chi connectivity index (χ3v) is 2.82. The van der Waals surface area contributed by atoms with Gasteiger partial charge in [-0.05, 0) is 29.7 Å². The van der Waals surface area contributed by atoms with Crippen molar-refractivity contribution in [2.45, 2.75) is 19.9 Å². The van der Waals surface area contributed by atoms with Gasteiger partial charge in [0.25, 0.3) is 0 Å². The summed E-state index contributed by atoms with van der Waals surface area (Å²) in [6.45, 7) is 4.23. The van der Waals surface area contributed by atoms with Crippen molar-refractivity contribution < 1.29 is 0 Å². The molecule has 0 bridgehead atoms. The Morgan fingerprint density at radius 3 is 2.12 bits per heavy atom. The molecule has 0 spiro atoms. The Labute approximate surface area is 103 Å². The molecule has 0 aliphatic carbocycles. The quantitative estimate of drug-likeness (QED) is 0.762. The molecule has 0 saturated heterocycles. The fourth-order valence-corrected chi connectivity index (χ4v) is 1.86. The van der Waals surface area contributed by atoms with Crippen LogP contribution in [0.1, 0.15) is 18.9 Å². The minimum absolute atomic E-state index is 0.961. The molecule has 2 rings (SSSR count). The first kappa shape index (κ1) is 11.9. The zero-order valence-electron chi connectivity index (χ0n) is 10.3. The molecule has 0 amide bonds. The summed E-state index contributed by atoms with van der Waals surface area (Å²) < 4.78 is 0. The maximum atomic E-state index is 3.41. The summed E-state index contributed by atoms with van der Waals surface area (Å²) in [5.74, 6) is 0. The van der Waals surface area contributed by atoms with E-state index in [4.69, 9.17) is 0 Å². The van der Waals surface area contributed by atoms with Crippen molar-refractivity contribution in [3.05, 3.63) is 60.2 Å². The molecule has 88 valence electrons. The van der Waals surface area contributed by atoms with E-state index in [1.807, 2.05) is 6.07 Å². The van der Waals surface area contributed by atoms with Gasteiger partial charge in [-0.25, -0.2) is 0 Å². The van der Waals surface area contributed by atoms with Gasteiger partial charge in [0.05, 0.1) is 0 Å². The highest BCUT2D eigenvalue weighted by Gasteiger charge is 1.96. The minimum atomic E-state index is 0.961. The maximum Gasteiger partial charge on any atom is 0.0205 e. The highest BCUT2D eigenvalue weighted by atomic mass is 14.8. The summed E-state index contributed by atoms with van der Waals surface area (Å²) in [7, 11) is 0. The van der Waals surface area contributed by atoms with Gasteiger partial charge in [0.15, 0.2) is 0 Å². The molecule has 1 nitrogen and oxygen atoms in total. The topological polar surface area (TPSA) is 12.0 Å². The molecule has 17 heavy (non-hydrogen) atoms. The van der Waals surface area contributed by atoms with Crippen molar-refractivity contribution in [2.24, 2.45) is 0 Å². The lowest BCUT2D eigenvalue weighted by atomic mass is 10.0. The molecule has 0 aliphatic heterocycles. The molecule has 2 aromatic carbocycles. The van der Waals surface area contributed by atoms with Crippen molar-refractivity contribution in [3.8, 4) is 11.1 Å². The van der Waals surface area contributed by atoms with E-state index < -0.39 is 0 Å². The normalized spacial score (nSPS) is 10.4. The van der Waals surface area contributed by atoms with Crippen LogP contribution in [0.3, 0.4) is 0 Å². The van der Waals surface area contributed by atoms with Crippen LogP contribution in [0.5, 0.6) is 0 Å². The molecule has 0 aliphatic rings. The van der Waals surface area contributed by atoms with Crippen LogP contribution in [-0.4, -0.2) is 6.54 Å². The van der Waals surface area contributed by atoms with Crippen molar-refractivity contribution in [1.82, 2.24) is 5.32 Å². The summed E-state index contributed by atoms with van der Waals surface area (Å²) in [6.07, 6.45) is 1.18. The largest absolute Gasteiger partial charge is 0.313 e. The number of hydrogen-bond donors (Lipinski definition) is 1. The van der Waals surface area contributed by atoms with Gasteiger partial charge in [0, 0.05) is 6.54 Å². The van der Waals surface area contributed by atoms with Gasteiger partial charge < -0.3 is 5.32 Å². The second kappa shape index (κ2) is 6.21. The number of rotatable bonds is 5. The molecule has 0 saturated carbocycles. The van der Waals surface area contributed by atoms with Crippen LogP contribution < -0.4 is 5.32 Å². The van der Waals surface area contributed by atoms with Crippen LogP contribution in [0.2, 0.25) is 0 Å². The second-order valence-corrected chi connectivity index (χ2v) is 4.24. The number of benzene rings is 2. The lowest BCUT2D eigenvalue weighted by molar-refractivity contribution is 0.675. The van der Waals surface area contributed by atoms with Gasteiger partial charge in [-0.2, -0.15) is 0 Å².